The van der Waals surface area contributed by atoms with Crippen LogP contribution in [-0.2, 0) is 16.2 Å². The van der Waals surface area contributed by atoms with Gasteiger partial charge < -0.3 is 0 Å². The van der Waals surface area contributed by atoms with Crippen LogP contribution in [0, 0.1) is 0 Å². The van der Waals surface area contributed by atoms with E-state index in [1.807, 2.05) is 0 Å². The zero-order chi connectivity index (χ0) is 30.6. The second-order valence-corrected chi connectivity index (χ2v) is 15.3. The third kappa shape index (κ3) is 2.86. The molecular formula is C45H36. The average Bonchev–Trinajstić information content (AvgIpc) is 3.28. The third-order valence-corrected chi connectivity index (χ3v) is 12.0. The Balaban J connectivity index is 1.50. The van der Waals surface area contributed by atoms with Crippen LogP contribution in [0.25, 0.3) is 65.7 Å². The Morgan fingerprint density at radius 3 is 1.53 bits per heavy atom. The number of hydrogen-bond donors (Lipinski definition) is 0. The van der Waals surface area contributed by atoms with Gasteiger partial charge in [-0.05, 0) is 111 Å². The van der Waals surface area contributed by atoms with Crippen LogP contribution < -0.4 is 0 Å². The summed E-state index contributed by atoms with van der Waals surface area (Å²) in [5.41, 5.74) is 16.7. The van der Waals surface area contributed by atoms with E-state index in [4.69, 9.17) is 0 Å². The van der Waals surface area contributed by atoms with E-state index in [2.05, 4.69) is 151 Å². The monoisotopic (exact) mass is 576 g/mol. The lowest BCUT2D eigenvalue weighted by Crippen LogP contribution is -2.25. The van der Waals surface area contributed by atoms with Crippen molar-refractivity contribution >= 4 is 32.3 Å². The van der Waals surface area contributed by atoms with Crippen LogP contribution in [0.2, 0.25) is 0 Å². The Morgan fingerprint density at radius 2 is 0.844 bits per heavy atom. The summed E-state index contributed by atoms with van der Waals surface area (Å²) in [4.78, 5) is 0. The molecule has 7 aromatic carbocycles. The Bertz CT molecular complexity index is 2500. The van der Waals surface area contributed by atoms with Crippen LogP contribution in [0.5, 0.6) is 0 Å². The predicted octanol–water partition coefficient (Wildman–Crippen LogP) is 12.1. The second-order valence-electron chi connectivity index (χ2n) is 15.3. The van der Waals surface area contributed by atoms with Crippen LogP contribution in [0.1, 0.15) is 74.9 Å². The Kier molecular flexibility index (Phi) is 4.52. The van der Waals surface area contributed by atoms with Gasteiger partial charge in [0.05, 0.1) is 0 Å². The summed E-state index contributed by atoms with van der Waals surface area (Å²) in [5.74, 6) is 0. The van der Waals surface area contributed by atoms with Crippen molar-refractivity contribution in [3.63, 3.8) is 0 Å². The van der Waals surface area contributed by atoms with Gasteiger partial charge in [-0.25, -0.2) is 0 Å². The summed E-state index contributed by atoms with van der Waals surface area (Å²) < 4.78 is 0. The zero-order valence-electron chi connectivity index (χ0n) is 26.9. The van der Waals surface area contributed by atoms with E-state index < -0.39 is 0 Å². The first-order valence-corrected chi connectivity index (χ1v) is 16.5. The van der Waals surface area contributed by atoms with E-state index >= 15 is 0 Å². The minimum absolute atomic E-state index is 0.0630. The van der Waals surface area contributed by atoms with Crippen molar-refractivity contribution in [2.24, 2.45) is 0 Å². The van der Waals surface area contributed by atoms with Crippen LogP contribution >= 0.6 is 0 Å². The Morgan fingerprint density at radius 1 is 0.311 bits per heavy atom. The lowest BCUT2D eigenvalue weighted by Gasteiger charge is -2.38. The minimum atomic E-state index is -0.121. The zero-order valence-corrected chi connectivity index (χ0v) is 26.9. The maximum atomic E-state index is 2.59. The molecule has 0 spiro atoms. The fourth-order valence-electron chi connectivity index (χ4n) is 9.74. The molecule has 0 saturated carbocycles. The molecule has 3 aliphatic carbocycles. The first kappa shape index (κ1) is 25.6. The highest BCUT2D eigenvalue weighted by atomic mass is 14.4. The third-order valence-electron chi connectivity index (χ3n) is 12.0. The van der Waals surface area contributed by atoms with E-state index in [9.17, 15) is 0 Å². The van der Waals surface area contributed by atoms with E-state index in [-0.39, 0.29) is 16.2 Å². The van der Waals surface area contributed by atoms with Crippen molar-refractivity contribution in [1.82, 2.24) is 0 Å². The molecule has 0 atom stereocenters. The van der Waals surface area contributed by atoms with Crippen molar-refractivity contribution < 1.29 is 0 Å². The molecule has 0 bridgehead atoms. The van der Waals surface area contributed by atoms with Gasteiger partial charge in [0.15, 0.2) is 0 Å². The summed E-state index contributed by atoms with van der Waals surface area (Å²) in [5, 5.41) is 8.35. The molecule has 10 rings (SSSR count). The standard InChI is InChI=1S/C45H36/c1-43(2)33-18-10-7-14-25(33)30-23-31-29(26-17-13-21-36(43)39(26)30)22-32-40-27-15-8-11-19-34(27)44(3,4)37(40)24-38-42(32)41(31)28-16-9-12-20-35(28)45(38,5)6/h7-24H,1-6H3. The Hall–Kier alpha value is -4.68. The maximum Gasteiger partial charge on any atom is 0.0159 e. The van der Waals surface area contributed by atoms with E-state index in [1.165, 1.54) is 99.1 Å². The average molecular weight is 577 g/mol. The summed E-state index contributed by atoms with van der Waals surface area (Å²) in [6, 6.07) is 42.2. The van der Waals surface area contributed by atoms with Gasteiger partial charge in [-0.1, -0.05) is 139 Å². The minimum Gasteiger partial charge on any atom is -0.0619 e. The Labute approximate surface area is 265 Å². The smallest absolute Gasteiger partial charge is 0.0159 e. The number of benzene rings is 7. The normalized spacial score (nSPS) is 17.2. The fourth-order valence-corrected chi connectivity index (χ4v) is 9.74. The van der Waals surface area contributed by atoms with Crippen molar-refractivity contribution in [1.29, 1.82) is 0 Å². The molecule has 0 saturated heterocycles. The molecule has 3 aliphatic rings. The van der Waals surface area contributed by atoms with Crippen molar-refractivity contribution in [3.05, 3.63) is 143 Å². The molecule has 216 valence electrons. The highest BCUT2D eigenvalue weighted by Gasteiger charge is 2.42. The second kappa shape index (κ2) is 7.93. The van der Waals surface area contributed by atoms with Crippen molar-refractivity contribution in [2.75, 3.05) is 0 Å². The summed E-state index contributed by atoms with van der Waals surface area (Å²) >= 11 is 0. The molecular weight excluding hydrogens is 540 g/mol. The predicted molar refractivity (Wildman–Crippen MR) is 192 cm³/mol. The molecule has 0 nitrogen and oxygen atoms in total. The SMILES string of the molecule is CC1(C)c2ccccc2-c2c1cc1c3c(c4cc5c6c(cccc6c4cc23)C(C)(C)c2ccccc2-5)-c2ccccc2C1(C)C. The molecule has 45 heavy (non-hydrogen) atoms. The largest absolute Gasteiger partial charge is 0.0619 e. The molecule has 0 aliphatic heterocycles. The molecule has 0 aromatic heterocycles. The topological polar surface area (TPSA) is 0 Å². The quantitative estimate of drug-likeness (QED) is 0.124. The lowest BCUT2D eigenvalue weighted by molar-refractivity contribution is 0.630. The summed E-state index contributed by atoms with van der Waals surface area (Å²) in [6.07, 6.45) is 0. The number of rotatable bonds is 0. The van der Waals surface area contributed by atoms with E-state index in [0.29, 0.717) is 0 Å². The maximum absolute atomic E-state index is 2.59. The van der Waals surface area contributed by atoms with Gasteiger partial charge in [-0.3, -0.25) is 0 Å². The first-order chi connectivity index (χ1) is 21.6. The number of fused-ring (bicyclic) bond motifs is 11. The van der Waals surface area contributed by atoms with Gasteiger partial charge in [0.1, 0.15) is 0 Å². The molecule has 7 aromatic rings. The summed E-state index contributed by atoms with van der Waals surface area (Å²) in [6.45, 7) is 14.5. The van der Waals surface area contributed by atoms with E-state index in [0.717, 1.165) is 0 Å². The van der Waals surface area contributed by atoms with Crippen LogP contribution in [0.4, 0.5) is 0 Å². The molecule has 0 heteroatoms. The van der Waals surface area contributed by atoms with Gasteiger partial charge in [-0.2, -0.15) is 0 Å². The van der Waals surface area contributed by atoms with Gasteiger partial charge in [0.25, 0.3) is 0 Å². The van der Waals surface area contributed by atoms with Crippen LogP contribution in [0.15, 0.2) is 109 Å². The fraction of sp³-hybridized carbons (Fsp3) is 0.200. The van der Waals surface area contributed by atoms with Crippen LogP contribution in [0.3, 0.4) is 0 Å². The van der Waals surface area contributed by atoms with E-state index in [1.54, 1.807) is 0 Å². The molecule has 0 fully saturated rings. The van der Waals surface area contributed by atoms with Crippen LogP contribution in [-0.4, -0.2) is 0 Å². The molecule has 0 unspecified atom stereocenters. The van der Waals surface area contributed by atoms with Gasteiger partial charge >= 0.3 is 0 Å². The highest BCUT2D eigenvalue weighted by molar-refractivity contribution is 6.27. The van der Waals surface area contributed by atoms with Crippen molar-refractivity contribution in [3.8, 4) is 33.4 Å². The lowest BCUT2D eigenvalue weighted by atomic mass is 9.65. The number of hydrogen-bond acceptors (Lipinski definition) is 0. The van der Waals surface area contributed by atoms with Gasteiger partial charge in [0, 0.05) is 16.2 Å². The van der Waals surface area contributed by atoms with Crippen molar-refractivity contribution in [2.45, 2.75) is 57.8 Å². The first-order valence-electron chi connectivity index (χ1n) is 16.5. The molecule has 0 amide bonds. The molecule has 0 radical (unpaired) electrons. The van der Waals surface area contributed by atoms with Gasteiger partial charge in [-0.15, -0.1) is 0 Å². The molecule has 0 N–H and O–H groups in total. The summed E-state index contributed by atoms with van der Waals surface area (Å²) in [7, 11) is 0. The highest BCUT2D eigenvalue weighted by Crippen LogP contribution is 2.60. The van der Waals surface area contributed by atoms with Gasteiger partial charge in [0.2, 0.25) is 0 Å². The molecule has 0 heterocycles.